The van der Waals surface area contributed by atoms with Crippen LogP contribution in [0.25, 0.3) is 16.6 Å². The fourth-order valence-corrected chi connectivity index (χ4v) is 4.50. The number of hydrogen-bond acceptors (Lipinski definition) is 3. The maximum atomic E-state index is 13.0. The van der Waals surface area contributed by atoms with Gasteiger partial charge >= 0.3 is 0 Å². The SMILES string of the molecule is Cc1cc(-n2c(C)nc3ccccc3c2=O)ccc1NC(=O)CCC1CCCCC1. The number of fused-ring (bicyclic) bond motifs is 1. The molecule has 4 rings (SSSR count). The van der Waals surface area contributed by atoms with Gasteiger partial charge < -0.3 is 5.32 Å². The number of aryl methyl sites for hydroxylation is 2. The summed E-state index contributed by atoms with van der Waals surface area (Å²) in [6, 6.07) is 13.1. The van der Waals surface area contributed by atoms with E-state index < -0.39 is 0 Å². The summed E-state index contributed by atoms with van der Waals surface area (Å²) in [5.74, 6) is 1.41. The summed E-state index contributed by atoms with van der Waals surface area (Å²) in [5, 5.41) is 3.64. The van der Waals surface area contributed by atoms with E-state index in [0.29, 0.717) is 29.1 Å². The Morgan fingerprint density at radius 1 is 1.10 bits per heavy atom. The summed E-state index contributed by atoms with van der Waals surface area (Å²) in [5.41, 5.74) is 3.11. The molecular weight excluding hydrogens is 374 g/mol. The van der Waals surface area contributed by atoms with Gasteiger partial charge in [-0.25, -0.2) is 4.98 Å². The molecule has 1 aliphatic rings. The lowest BCUT2D eigenvalue weighted by atomic mass is 9.86. The van der Waals surface area contributed by atoms with Crippen LogP contribution in [0.5, 0.6) is 0 Å². The van der Waals surface area contributed by atoms with Crippen molar-refractivity contribution in [2.45, 2.75) is 58.8 Å². The van der Waals surface area contributed by atoms with Gasteiger partial charge in [-0.1, -0.05) is 44.2 Å². The number of para-hydroxylation sites is 1. The van der Waals surface area contributed by atoms with Crippen molar-refractivity contribution in [3.05, 3.63) is 64.2 Å². The van der Waals surface area contributed by atoms with E-state index in [0.717, 1.165) is 23.4 Å². The first kappa shape index (κ1) is 20.3. The first-order chi connectivity index (χ1) is 14.5. The Labute approximate surface area is 177 Å². The van der Waals surface area contributed by atoms with E-state index in [1.807, 2.05) is 50.2 Å². The summed E-state index contributed by atoms with van der Waals surface area (Å²) in [6.07, 6.45) is 8.00. The van der Waals surface area contributed by atoms with Crippen LogP contribution in [-0.4, -0.2) is 15.5 Å². The van der Waals surface area contributed by atoms with Gasteiger partial charge in [-0.3, -0.25) is 14.2 Å². The number of nitrogens with zero attached hydrogens (tertiary/aromatic N) is 2. The molecule has 3 aromatic rings. The molecule has 2 aromatic carbocycles. The largest absolute Gasteiger partial charge is 0.326 e. The molecule has 1 aromatic heterocycles. The minimum Gasteiger partial charge on any atom is -0.326 e. The van der Waals surface area contributed by atoms with Crippen LogP contribution in [-0.2, 0) is 4.79 Å². The maximum absolute atomic E-state index is 13.0. The molecule has 30 heavy (non-hydrogen) atoms. The van der Waals surface area contributed by atoms with Gasteiger partial charge in [0.25, 0.3) is 5.56 Å². The number of benzene rings is 2. The predicted molar refractivity (Wildman–Crippen MR) is 121 cm³/mol. The predicted octanol–water partition coefficient (Wildman–Crippen LogP) is 5.30. The van der Waals surface area contributed by atoms with Gasteiger partial charge in [0.15, 0.2) is 0 Å². The quantitative estimate of drug-likeness (QED) is 0.628. The monoisotopic (exact) mass is 403 g/mol. The van der Waals surface area contributed by atoms with Crippen LogP contribution in [0.1, 0.15) is 56.3 Å². The summed E-state index contributed by atoms with van der Waals surface area (Å²) >= 11 is 0. The molecule has 0 saturated heterocycles. The molecular formula is C25H29N3O2. The van der Waals surface area contributed by atoms with Gasteiger partial charge in [0.1, 0.15) is 5.82 Å². The van der Waals surface area contributed by atoms with Crippen LogP contribution in [0.2, 0.25) is 0 Å². The molecule has 1 fully saturated rings. The van der Waals surface area contributed by atoms with Crippen molar-refractivity contribution in [3.63, 3.8) is 0 Å². The molecule has 1 N–H and O–H groups in total. The lowest BCUT2D eigenvalue weighted by Gasteiger charge is -2.21. The lowest BCUT2D eigenvalue weighted by molar-refractivity contribution is -0.116. The van der Waals surface area contributed by atoms with E-state index >= 15 is 0 Å². The van der Waals surface area contributed by atoms with E-state index in [-0.39, 0.29) is 11.5 Å². The molecule has 0 radical (unpaired) electrons. The van der Waals surface area contributed by atoms with Gasteiger partial charge in [-0.15, -0.1) is 0 Å². The smallest absolute Gasteiger partial charge is 0.265 e. The van der Waals surface area contributed by atoms with Gasteiger partial charge in [0.2, 0.25) is 5.91 Å². The van der Waals surface area contributed by atoms with Gasteiger partial charge in [0, 0.05) is 12.1 Å². The zero-order chi connectivity index (χ0) is 21.1. The van der Waals surface area contributed by atoms with Crippen molar-refractivity contribution in [3.8, 4) is 5.69 Å². The molecule has 1 saturated carbocycles. The zero-order valence-electron chi connectivity index (χ0n) is 17.8. The highest BCUT2D eigenvalue weighted by atomic mass is 16.1. The third kappa shape index (κ3) is 4.30. The topological polar surface area (TPSA) is 64.0 Å². The van der Waals surface area contributed by atoms with Crippen LogP contribution >= 0.6 is 0 Å². The fourth-order valence-electron chi connectivity index (χ4n) is 4.50. The van der Waals surface area contributed by atoms with Crippen molar-refractivity contribution >= 4 is 22.5 Å². The molecule has 5 nitrogen and oxygen atoms in total. The highest BCUT2D eigenvalue weighted by Crippen LogP contribution is 2.27. The first-order valence-corrected chi connectivity index (χ1v) is 10.9. The Bertz CT molecular complexity index is 1130. The van der Waals surface area contributed by atoms with Crippen molar-refractivity contribution < 1.29 is 4.79 Å². The Morgan fingerprint density at radius 2 is 1.87 bits per heavy atom. The molecule has 5 heteroatoms. The van der Waals surface area contributed by atoms with Crippen LogP contribution < -0.4 is 10.9 Å². The zero-order valence-corrected chi connectivity index (χ0v) is 17.8. The number of carbonyl (C=O) groups excluding carboxylic acids is 1. The van der Waals surface area contributed by atoms with Gasteiger partial charge in [-0.2, -0.15) is 0 Å². The number of nitrogens with one attached hydrogen (secondary N) is 1. The molecule has 0 unspecified atom stereocenters. The number of aromatic nitrogens is 2. The van der Waals surface area contributed by atoms with Crippen LogP contribution in [0, 0.1) is 19.8 Å². The number of anilines is 1. The molecule has 1 amide bonds. The van der Waals surface area contributed by atoms with Crippen molar-refractivity contribution in [1.29, 1.82) is 0 Å². The van der Waals surface area contributed by atoms with Crippen LogP contribution in [0.15, 0.2) is 47.3 Å². The molecule has 1 aliphatic carbocycles. The van der Waals surface area contributed by atoms with E-state index in [9.17, 15) is 9.59 Å². The molecule has 0 bridgehead atoms. The van der Waals surface area contributed by atoms with Gasteiger partial charge in [0.05, 0.1) is 16.6 Å². The molecule has 156 valence electrons. The van der Waals surface area contributed by atoms with Crippen molar-refractivity contribution in [1.82, 2.24) is 9.55 Å². The van der Waals surface area contributed by atoms with E-state index in [2.05, 4.69) is 10.3 Å². The second-order valence-electron chi connectivity index (χ2n) is 8.41. The summed E-state index contributed by atoms with van der Waals surface area (Å²) < 4.78 is 1.63. The third-order valence-electron chi connectivity index (χ3n) is 6.19. The second-order valence-corrected chi connectivity index (χ2v) is 8.41. The molecule has 0 spiro atoms. The van der Waals surface area contributed by atoms with Crippen molar-refractivity contribution in [2.24, 2.45) is 5.92 Å². The lowest BCUT2D eigenvalue weighted by Crippen LogP contribution is -2.22. The first-order valence-electron chi connectivity index (χ1n) is 10.9. The standard InChI is InChI=1S/C25H29N3O2/c1-17-16-20(28-18(2)26-23-11-7-6-10-21(23)25(28)30)13-14-22(17)27-24(29)15-12-19-8-4-3-5-9-19/h6-7,10-11,13-14,16,19H,3-5,8-9,12,15H2,1-2H3,(H,27,29). The number of carbonyl (C=O) groups is 1. The number of hydrogen-bond donors (Lipinski definition) is 1. The summed E-state index contributed by atoms with van der Waals surface area (Å²) in [6.45, 7) is 3.79. The van der Waals surface area contributed by atoms with E-state index in [1.54, 1.807) is 10.6 Å². The van der Waals surface area contributed by atoms with Crippen LogP contribution in [0.3, 0.4) is 0 Å². The Balaban J connectivity index is 1.51. The highest BCUT2D eigenvalue weighted by Gasteiger charge is 2.16. The maximum Gasteiger partial charge on any atom is 0.265 e. The highest BCUT2D eigenvalue weighted by molar-refractivity contribution is 5.91. The van der Waals surface area contributed by atoms with Crippen molar-refractivity contribution in [2.75, 3.05) is 5.32 Å². The number of amides is 1. The van der Waals surface area contributed by atoms with E-state index in [4.69, 9.17) is 0 Å². The van der Waals surface area contributed by atoms with Gasteiger partial charge in [-0.05, 0) is 62.1 Å². The normalized spacial score (nSPS) is 14.7. The summed E-state index contributed by atoms with van der Waals surface area (Å²) in [7, 11) is 0. The third-order valence-corrected chi connectivity index (χ3v) is 6.19. The van der Waals surface area contributed by atoms with E-state index in [1.165, 1.54) is 32.1 Å². The minimum absolute atomic E-state index is 0.0668. The number of rotatable bonds is 5. The minimum atomic E-state index is -0.0817. The summed E-state index contributed by atoms with van der Waals surface area (Å²) in [4.78, 5) is 30.0. The molecule has 0 atom stereocenters. The fraction of sp³-hybridized carbons (Fsp3) is 0.400. The Morgan fingerprint density at radius 3 is 2.63 bits per heavy atom. The molecule has 1 heterocycles. The molecule has 0 aliphatic heterocycles. The average molecular weight is 404 g/mol. The Hall–Kier alpha value is -2.95. The van der Waals surface area contributed by atoms with Crippen LogP contribution in [0.4, 0.5) is 5.69 Å². The average Bonchev–Trinajstić information content (AvgIpc) is 2.75. The second kappa shape index (κ2) is 8.82. The Kier molecular flexibility index (Phi) is 5.98.